The SMILES string of the molecule is C=CC(=O)N1CCC[C@H](Cn2nc(C3CCc4ccccc4C3)c(C(N)=O)c2N)C1. The fourth-order valence-electron chi connectivity index (χ4n) is 4.89. The van der Waals surface area contributed by atoms with Crippen molar-refractivity contribution in [2.45, 2.75) is 44.6 Å². The molecule has 0 radical (unpaired) electrons. The number of aryl methyl sites for hydroxylation is 1. The van der Waals surface area contributed by atoms with Crippen molar-refractivity contribution >= 4 is 17.6 Å². The van der Waals surface area contributed by atoms with Crippen molar-refractivity contribution in [3.05, 3.63) is 59.3 Å². The molecule has 2 amide bonds. The van der Waals surface area contributed by atoms with Crippen molar-refractivity contribution < 1.29 is 9.59 Å². The van der Waals surface area contributed by atoms with Gasteiger partial charge in [0.2, 0.25) is 5.91 Å². The van der Waals surface area contributed by atoms with Crippen LogP contribution in [0.2, 0.25) is 0 Å². The molecule has 1 aliphatic heterocycles. The van der Waals surface area contributed by atoms with Gasteiger partial charge in [-0.1, -0.05) is 30.8 Å². The summed E-state index contributed by atoms with van der Waals surface area (Å²) in [6, 6.07) is 8.40. The van der Waals surface area contributed by atoms with Crippen LogP contribution in [-0.4, -0.2) is 39.6 Å². The van der Waals surface area contributed by atoms with Gasteiger partial charge in [-0.15, -0.1) is 0 Å². The molecule has 30 heavy (non-hydrogen) atoms. The zero-order chi connectivity index (χ0) is 21.3. The third-order valence-electron chi connectivity index (χ3n) is 6.44. The van der Waals surface area contributed by atoms with Gasteiger partial charge in [0.1, 0.15) is 11.4 Å². The molecular weight excluding hydrogens is 378 g/mol. The largest absolute Gasteiger partial charge is 0.383 e. The molecule has 7 heteroatoms. The van der Waals surface area contributed by atoms with E-state index in [1.54, 1.807) is 4.68 Å². The number of nitrogens with zero attached hydrogens (tertiary/aromatic N) is 3. The highest BCUT2D eigenvalue weighted by Gasteiger charge is 2.31. The Morgan fingerprint density at radius 2 is 2.00 bits per heavy atom. The Hall–Kier alpha value is -3.09. The molecule has 1 aliphatic carbocycles. The molecule has 0 spiro atoms. The number of aromatic nitrogens is 2. The van der Waals surface area contributed by atoms with Gasteiger partial charge in [-0.05, 0) is 55.2 Å². The molecule has 1 fully saturated rings. The number of amides is 2. The number of piperidine rings is 1. The van der Waals surface area contributed by atoms with Gasteiger partial charge >= 0.3 is 0 Å². The molecule has 2 aliphatic rings. The lowest BCUT2D eigenvalue weighted by Crippen LogP contribution is -2.40. The van der Waals surface area contributed by atoms with Gasteiger partial charge in [0.15, 0.2) is 0 Å². The summed E-state index contributed by atoms with van der Waals surface area (Å²) in [5.41, 5.74) is 15.8. The average Bonchev–Trinajstić information content (AvgIpc) is 3.09. The maximum Gasteiger partial charge on any atom is 0.254 e. The predicted octanol–water partition coefficient (Wildman–Crippen LogP) is 2.26. The summed E-state index contributed by atoms with van der Waals surface area (Å²) in [6.45, 7) is 5.53. The monoisotopic (exact) mass is 407 g/mol. The zero-order valence-electron chi connectivity index (χ0n) is 17.2. The molecule has 158 valence electrons. The number of nitrogens with two attached hydrogens (primary N) is 2. The van der Waals surface area contributed by atoms with E-state index in [1.807, 2.05) is 11.0 Å². The topological polar surface area (TPSA) is 107 Å². The minimum absolute atomic E-state index is 0.0486. The third-order valence-corrected chi connectivity index (χ3v) is 6.44. The lowest BCUT2D eigenvalue weighted by atomic mass is 9.81. The summed E-state index contributed by atoms with van der Waals surface area (Å²) in [6.07, 6.45) is 5.97. The van der Waals surface area contributed by atoms with E-state index in [0.29, 0.717) is 30.2 Å². The Morgan fingerprint density at radius 3 is 2.73 bits per heavy atom. The van der Waals surface area contributed by atoms with Gasteiger partial charge < -0.3 is 16.4 Å². The third kappa shape index (κ3) is 3.84. The first-order valence-corrected chi connectivity index (χ1v) is 10.6. The van der Waals surface area contributed by atoms with E-state index in [0.717, 1.165) is 38.6 Å². The zero-order valence-corrected chi connectivity index (χ0v) is 17.2. The highest BCUT2D eigenvalue weighted by Crippen LogP contribution is 2.35. The molecule has 0 bridgehead atoms. The Morgan fingerprint density at radius 1 is 1.23 bits per heavy atom. The van der Waals surface area contributed by atoms with Crippen molar-refractivity contribution in [3.63, 3.8) is 0 Å². The summed E-state index contributed by atoms with van der Waals surface area (Å²) in [4.78, 5) is 26.0. The van der Waals surface area contributed by atoms with E-state index in [-0.39, 0.29) is 17.7 Å². The number of carbonyl (C=O) groups excluding carboxylic acids is 2. The van der Waals surface area contributed by atoms with E-state index in [2.05, 4.69) is 24.8 Å². The predicted molar refractivity (Wildman–Crippen MR) is 116 cm³/mol. The second-order valence-corrected chi connectivity index (χ2v) is 8.40. The molecule has 1 unspecified atom stereocenters. The summed E-state index contributed by atoms with van der Waals surface area (Å²) < 4.78 is 1.72. The number of benzene rings is 1. The maximum atomic E-state index is 12.2. The van der Waals surface area contributed by atoms with Crippen molar-refractivity contribution in [3.8, 4) is 0 Å². The minimum atomic E-state index is -0.528. The van der Waals surface area contributed by atoms with Crippen molar-refractivity contribution in [1.29, 1.82) is 0 Å². The van der Waals surface area contributed by atoms with Gasteiger partial charge in [-0.25, -0.2) is 4.68 Å². The van der Waals surface area contributed by atoms with E-state index >= 15 is 0 Å². The molecule has 0 saturated carbocycles. The number of fused-ring (bicyclic) bond motifs is 1. The van der Waals surface area contributed by atoms with Gasteiger partial charge in [-0.2, -0.15) is 5.10 Å². The fraction of sp³-hybridized carbons (Fsp3) is 0.435. The Balaban J connectivity index is 1.58. The van der Waals surface area contributed by atoms with Gasteiger partial charge in [0.05, 0.1) is 5.69 Å². The fourth-order valence-corrected chi connectivity index (χ4v) is 4.89. The van der Waals surface area contributed by atoms with Crippen LogP contribution < -0.4 is 11.5 Å². The second-order valence-electron chi connectivity index (χ2n) is 8.40. The quantitative estimate of drug-likeness (QED) is 0.741. The van der Waals surface area contributed by atoms with E-state index in [4.69, 9.17) is 16.6 Å². The molecule has 2 aromatic rings. The Kier molecular flexibility index (Phi) is 5.61. The average molecular weight is 408 g/mol. The molecule has 2 atom stereocenters. The van der Waals surface area contributed by atoms with Crippen LogP contribution in [-0.2, 0) is 24.2 Å². The lowest BCUT2D eigenvalue weighted by Gasteiger charge is -2.32. The van der Waals surface area contributed by atoms with Crippen LogP contribution in [0.25, 0.3) is 0 Å². The van der Waals surface area contributed by atoms with Crippen LogP contribution in [0.15, 0.2) is 36.9 Å². The highest BCUT2D eigenvalue weighted by molar-refractivity contribution is 5.98. The molecule has 1 aromatic carbocycles. The van der Waals surface area contributed by atoms with Crippen LogP contribution in [0.4, 0.5) is 5.82 Å². The molecule has 1 saturated heterocycles. The molecular formula is C23H29N5O2. The number of rotatable bonds is 5. The van der Waals surface area contributed by atoms with E-state index in [9.17, 15) is 9.59 Å². The first-order chi connectivity index (χ1) is 14.5. The number of likely N-dealkylation sites (tertiary alicyclic amines) is 1. The van der Waals surface area contributed by atoms with Crippen LogP contribution in [0.5, 0.6) is 0 Å². The first kappa shape index (κ1) is 20.2. The minimum Gasteiger partial charge on any atom is -0.383 e. The van der Waals surface area contributed by atoms with Crippen LogP contribution in [0.1, 0.15) is 52.4 Å². The number of primary amides is 1. The van der Waals surface area contributed by atoms with Crippen molar-refractivity contribution in [2.75, 3.05) is 18.8 Å². The standard InChI is InChI=1S/C23H29N5O2/c1-2-19(29)27-11-5-6-15(13-27)14-28-22(24)20(23(25)30)21(26-28)18-10-9-16-7-3-4-8-17(16)12-18/h2-4,7-8,15,18H,1,5-6,9-14,24H2,(H2,25,30)/t15-,18?/m0/s1. The van der Waals surface area contributed by atoms with Crippen LogP contribution in [0, 0.1) is 5.92 Å². The molecule has 1 aromatic heterocycles. The van der Waals surface area contributed by atoms with Gasteiger partial charge in [-0.3, -0.25) is 9.59 Å². The van der Waals surface area contributed by atoms with Crippen molar-refractivity contribution in [1.82, 2.24) is 14.7 Å². The smallest absolute Gasteiger partial charge is 0.254 e. The number of nitrogen functional groups attached to an aromatic ring is 1. The summed E-state index contributed by atoms with van der Waals surface area (Å²) in [5, 5.41) is 4.78. The number of carbonyl (C=O) groups is 2. The van der Waals surface area contributed by atoms with Gasteiger partial charge in [0, 0.05) is 25.6 Å². The number of hydrogen-bond acceptors (Lipinski definition) is 4. The molecule has 4 N–H and O–H groups in total. The normalized spacial score (nSPS) is 21.1. The van der Waals surface area contributed by atoms with Crippen LogP contribution in [0.3, 0.4) is 0 Å². The van der Waals surface area contributed by atoms with Crippen molar-refractivity contribution in [2.24, 2.45) is 11.7 Å². The van der Waals surface area contributed by atoms with Gasteiger partial charge in [0.25, 0.3) is 5.91 Å². The summed E-state index contributed by atoms with van der Waals surface area (Å²) in [5.74, 6) is 0.109. The summed E-state index contributed by atoms with van der Waals surface area (Å²) >= 11 is 0. The van der Waals surface area contributed by atoms with E-state index in [1.165, 1.54) is 17.2 Å². The highest BCUT2D eigenvalue weighted by atomic mass is 16.2. The summed E-state index contributed by atoms with van der Waals surface area (Å²) in [7, 11) is 0. The van der Waals surface area contributed by atoms with Crippen LogP contribution >= 0.6 is 0 Å². The molecule has 4 rings (SSSR count). The van der Waals surface area contributed by atoms with E-state index < -0.39 is 5.91 Å². The Labute approximate surface area is 176 Å². The molecule has 2 heterocycles. The maximum absolute atomic E-state index is 12.2. The Bertz CT molecular complexity index is 980. The number of anilines is 1. The molecule has 7 nitrogen and oxygen atoms in total. The lowest BCUT2D eigenvalue weighted by molar-refractivity contribution is -0.127. The number of hydrogen-bond donors (Lipinski definition) is 2. The first-order valence-electron chi connectivity index (χ1n) is 10.6. The second kappa shape index (κ2) is 8.34.